The minimum atomic E-state index is 0.510. The van der Waals surface area contributed by atoms with E-state index in [1.807, 2.05) is 0 Å². The van der Waals surface area contributed by atoms with Crippen molar-refractivity contribution in [1.29, 1.82) is 0 Å². The van der Waals surface area contributed by atoms with Gasteiger partial charge in [-0.2, -0.15) is 0 Å². The molecule has 0 saturated carbocycles. The molecular formula is C12H16BrNS. The van der Waals surface area contributed by atoms with Crippen molar-refractivity contribution in [3.05, 3.63) is 33.8 Å². The molecule has 0 aliphatic heterocycles. The molecule has 0 aromatic heterocycles. The lowest BCUT2D eigenvalue weighted by atomic mass is 9.95. The Morgan fingerprint density at radius 1 is 1.53 bits per heavy atom. The van der Waals surface area contributed by atoms with Crippen molar-refractivity contribution in [3.63, 3.8) is 0 Å². The smallest absolute Gasteiger partial charge is 0.0730 e. The molecule has 0 aliphatic rings. The van der Waals surface area contributed by atoms with Gasteiger partial charge in [0.25, 0.3) is 0 Å². The van der Waals surface area contributed by atoms with Gasteiger partial charge in [-0.15, -0.1) is 0 Å². The highest BCUT2D eigenvalue weighted by atomic mass is 79.9. The third-order valence-electron chi connectivity index (χ3n) is 2.50. The van der Waals surface area contributed by atoms with Crippen molar-refractivity contribution in [2.24, 2.45) is 11.7 Å². The number of rotatable bonds is 4. The molecule has 2 N–H and O–H groups in total. The summed E-state index contributed by atoms with van der Waals surface area (Å²) in [6.45, 7) is 4.31. The van der Waals surface area contributed by atoms with Crippen LogP contribution in [0, 0.1) is 12.8 Å². The minimum absolute atomic E-state index is 0.510. The number of hydrogen-bond donors (Lipinski definition) is 1. The van der Waals surface area contributed by atoms with E-state index in [-0.39, 0.29) is 0 Å². The average molecular weight is 286 g/mol. The summed E-state index contributed by atoms with van der Waals surface area (Å²) in [4.78, 5) is 0.607. The first-order valence-electron chi connectivity index (χ1n) is 5.03. The molecule has 82 valence electrons. The fraction of sp³-hybridized carbons (Fsp3) is 0.417. The second-order valence-electron chi connectivity index (χ2n) is 4.00. The monoisotopic (exact) mass is 285 g/mol. The molecule has 0 amide bonds. The van der Waals surface area contributed by atoms with Crippen molar-refractivity contribution in [2.75, 3.05) is 0 Å². The second kappa shape index (κ2) is 5.61. The van der Waals surface area contributed by atoms with Crippen LogP contribution in [0.15, 0.2) is 22.7 Å². The van der Waals surface area contributed by atoms with Crippen LogP contribution in [0.1, 0.15) is 24.5 Å². The van der Waals surface area contributed by atoms with Gasteiger partial charge < -0.3 is 5.73 Å². The van der Waals surface area contributed by atoms with Gasteiger partial charge in [-0.3, -0.25) is 0 Å². The number of benzene rings is 1. The zero-order valence-electron chi connectivity index (χ0n) is 9.09. The lowest BCUT2D eigenvalue weighted by molar-refractivity contribution is 0.605. The summed E-state index contributed by atoms with van der Waals surface area (Å²) in [5, 5.41) is 0. The first-order valence-corrected chi connectivity index (χ1v) is 6.23. The molecule has 15 heavy (non-hydrogen) atoms. The zero-order valence-corrected chi connectivity index (χ0v) is 11.5. The van der Waals surface area contributed by atoms with E-state index in [1.54, 1.807) is 0 Å². The van der Waals surface area contributed by atoms with Gasteiger partial charge in [0.2, 0.25) is 0 Å². The molecule has 0 fully saturated rings. The summed E-state index contributed by atoms with van der Waals surface area (Å²) in [6, 6.07) is 6.30. The number of hydrogen-bond acceptors (Lipinski definition) is 1. The first kappa shape index (κ1) is 12.7. The Bertz CT molecular complexity index is 363. The van der Waals surface area contributed by atoms with Crippen LogP contribution in [0.25, 0.3) is 0 Å². The van der Waals surface area contributed by atoms with Crippen molar-refractivity contribution in [1.82, 2.24) is 0 Å². The SMILES string of the molecule is Cc1c(Br)cccc1CC(C)CC(N)=S. The number of thiocarbonyl (C=S) groups is 1. The summed E-state index contributed by atoms with van der Waals surface area (Å²) in [7, 11) is 0. The normalized spacial score (nSPS) is 12.5. The van der Waals surface area contributed by atoms with E-state index < -0.39 is 0 Å². The Morgan fingerprint density at radius 2 is 2.20 bits per heavy atom. The Kier molecular flexibility index (Phi) is 4.74. The fourth-order valence-electron chi connectivity index (χ4n) is 1.66. The Labute approximate surface area is 105 Å². The van der Waals surface area contributed by atoms with Crippen LogP contribution in [0.4, 0.5) is 0 Å². The molecule has 1 aromatic rings. The second-order valence-corrected chi connectivity index (χ2v) is 5.38. The van der Waals surface area contributed by atoms with E-state index in [2.05, 4.69) is 48.0 Å². The Hall–Kier alpha value is -0.410. The van der Waals surface area contributed by atoms with Crippen LogP contribution in [0.2, 0.25) is 0 Å². The molecule has 0 saturated heterocycles. The highest BCUT2D eigenvalue weighted by Gasteiger charge is 2.08. The van der Waals surface area contributed by atoms with E-state index >= 15 is 0 Å². The zero-order chi connectivity index (χ0) is 11.4. The summed E-state index contributed by atoms with van der Waals surface area (Å²) in [5.74, 6) is 0.510. The van der Waals surface area contributed by atoms with Crippen LogP contribution in [-0.2, 0) is 6.42 Å². The summed E-state index contributed by atoms with van der Waals surface area (Å²) in [5.41, 5.74) is 8.22. The van der Waals surface area contributed by atoms with Gasteiger partial charge in [-0.1, -0.05) is 47.2 Å². The van der Waals surface area contributed by atoms with Crippen molar-refractivity contribution in [3.8, 4) is 0 Å². The molecule has 1 atom stereocenters. The Balaban J connectivity index is 2.72. The predicted molar refractivity (Wildman–Crippen MR) is 73.1 cm³/mol. The van der Waals surface area contributed by atoms with Crippen LogP contribution in [-0.4, -0.2) is 4.99 Å². The number of halogens is 1. The highest BCUT2D eigenvalue weighted by molar-refractivity contribution is 9.10. The molecule has 1 unspecified atom stereocenters. The third-order valence-corrected chi connectivity index (χ3v) is 3.52. The standard InChI is InChI=1S/C12H16BrNS/c1-8(7-12(14)15)6-10-4-3-5-11(13)9(10)2/h3-5,8H,6-7H2,1-2H3,(H2,14,15). The third kappa shape index (κ3) is 3.92. The van der Waals surface area contributed by atoms with Crippen LogP contribution >= 0.6 is 28.1 Å². The first-order chi connectivity index (χ1) is 7.00. The molecule has 3 heteroatoms. The molecular weight excluding hydrogens is 270 g/mol. The van der Waals surface area contributed by atoms with Gasteiger partial charge in [-0.05, 0) is 36.5 Å². The molecule has 0 spiro atoms. The van der Waals surface area contributed by atoms with Crippen LogP contribution in [0.3, 0.4) is 0 Å². The molecule has 0 heterocycles. The number of nitrogens with two attached hydrogens (primary N) is 1. The molecule has 1 nitrogen and oxygen atoms in total. The average Bonchev–Trinajstić information content (AvgIpc) is 2.11. The summed E-state index contributed by atoms with van der Waals surface area (Å²) >= 11 is 8.45. The molecule has 0 bridgehead atoms. The van der Waals surface area contributed by atoms with Crippen molar-refractivity contribution in [2.45, 2.75) is 26.7 Å². The topological polar surface area (TPSA) is 26.0 Å². The fourth-order valence-corrected chi connectivity index (χ4v) is 2.36. The minimum Gasteiger partial charge on any atom is -0.393 e. The van der Waals surface area contributed by atoms with Crippen molar-refractivity contribution >= 4 is 33.1 Å². The van der Waals surface area contributed by atoms with Gasteiger partial charge in [-0.25, -0.2) is 0 Å². The maximum Gasteiger partial charge on any atom is 0.0730 e. The largest absolute Gasteiger partial charge is 0.393 e. The van der Waals surface area contributed by atoms with Crippen LogP contribution < -0.4 is 5.73 Å². The molecule has 1 rings (SSSR count). The quantitative estimate of drug-likeness (QED) is 0.856. The summed E-state index contributed by atoms with van der Waals surface area (Å²) < 4.78 is 1.17. The van der Waals surface area contributed by atoms with Gasteiger partial charge in [0, 0.05) is 10.9 Å². The van der Waals surface area contributed by atoms with E-state index in [0.29, 0.717) is 10.9 Å². The van der Waals surface area contributed by atoms with Gasteiger partial charge >= 0.3 is 0 Å². The van der Waals surface area contributed by atoms with E-state index in [1.165, 1.54) is 15.6 Å². The molecule has 0 radical (unpaired) electrons. The molecule has 1 aromatic carbocycles. The van der Waals surface area contributed by atoms with E-state index in [9.17, 15) is 0 Å². The molecule has 0 aliphatic carbocycles. The maximum atomic E-state index is 5.54. The van der Waals surface area contributed by atoms with E-state index in [0.717, 1.165) is 12.8 Å². The summed E-state index contributed by atoms with van der Waals surface area (Å²) in [6.07, 6.45) is 1.85. The van der Waals surface area contributed by atoms with Gasteiger partial charge in [0.05, 0.1) is 4.99 Å². The van der Waals surface area contributed by atoms with Crippen LogP contribution in [0.5, 0.6) is 0 Å². The van der Waals surface area contributed by atoms with Crippen molar-refractivity contribution < 1.29 is 0 Å². The lowest BCUT2D eigenvalue weighted by Crippen LogP contribution is -2.14. The maximum absolute atomic E-state index is 5.54. The predicted octanol–water partition coefficient (Wildman–Crippen LogP) is 3.61. The van der Waals surface area contributed by atoms with Gasteiger partial charge in [0.15, 0.2) is 0 Å². The highest BCUT2D eigenvalue weighted by Crippen LogP contribution is 2.22. The lowest BCUT2D eigenvalue weighted by Gasteiger charge is -2.13. The van der Waals surface area contributed by atoms with Gasteiger partial charge in [0.1, 0.15) is 0 Å². The Morgan fingerprint density at radius 3 is 2.80 bits per heavy atom. The van der Waals surface area contributed by atoms with E-state index in [4.69, 9.17) is 18.0 Å².